The summed E-state index contributed by atoms with van der Waals surface area (Å²) in [5, 5.41) is 4.14. The molecule has 1 N–H and O–H groups in total. The van der Waals surface area contributed by atoms with Crippen LogP contribution < -0.4 is 4.72 Å². The van der Waals surface area contributed by atoms with Crippen molar-refractivity contribution in [2.75, 3.05) is 0 Å². The van der Waals surface area contributed by atoms with Gasteiger partial charge in [0.25, 0.3) is 0 Å². The van der Waals surface area contributed by atoms with E-state index in [2.05, 4.69) is 28.7 Å². The van der Waals surface area contributed by atoms with Crippen LogP contribution in [-0.2, 0) is 23.6 Å². The zero-order chi connectivity index (χ0) is 18.7. The van der Waals surface area contributed by atoms with E-state index in [1.165, 1.54) is 0 Å². The third-order valence-corrected chi connectivity index (χ3v) is 5.65. The number of aryl methyl sites for hydroxylation is 1. The Morgan fingerprint density at radius 3 is 2.46 bits per heavy atom. The van der Waals surface area contributed by atoms with Gasteiger partial charge in [0.2, 0.25) is 10.0 Å². The second kappa shape index (κ2) is 7.39. The largest absolute Gasteiger partial charge is 0.268 e. The highest BCUT2D eigenvalue weighted by Crippen LogP contribution is 2.19. The minimum atomic E-state index is -3.57. The first-order chi connectivity index (χ1) is 12.4. The number of nitrogens with one attached hydrogen (secondary N) is 1. The summed E-state index contributed by atoms with van der Waals surface area (Å²) >= 11 is 0. The van der Waals surface area contributed by atoms with E-state index in [4.69, 9.17) is 0 Å². The van der Waals surface area contributed by atoms with Gasteiger partial charge in [-0.25, -0.2) is 13.1 Å². The summed E-state index contributed by atoms with van der Waals surface area (Å²) in [4.78, 5) is 4.47. The van der Waals surface area contributed by atoms with Gasteiger partial charge >= 0.3 is 0 Å². The third kappa shape index (κ3) is 4.00. The fraction of sp³-hybridized carbons (Fsp3) is 0.263. The molecule has 2 aromatic heterocycles. The topological polar surface area (TPSA) is 76.9 Å². The van der Waals surface area contributed by atoms with Crippen molar-refractivity contribution in [1.82, 2.24) is 19.5 Å². The number of nitrogens with zero attached hydrogens (tertiary/aromatic N) is 3. The van der Waals surface area contributed by atoms with Crippen molar-refractivity contribution in [2.24, 2.45) is 7.05 Å². The van der Waals surface area contributed by atoms with E-state index >= 15 is 0 Å². The second-order valence-corrected chi connectivity index (χ2v) is 8.24. The van der Waals surface area contributed by atoms with E-state index in [9.17, 15) is 8.42 Å². The molecule has 0 aliphatic carbocycles. The molecular weight excluding hydrogens is 348 g/mol. The first-order valence-corrected chi connectivity index (χ1v) is 9.87. The number of hydrogen-bond acceptors (Lipinski definition) is 4. The van der Waals surface area contributed by atoms with E-state index in [0.717, 1.165) is 22.4 Å². The van der Waals surface area contributed by atoms with Gasteiger partial charge in [-0.15, -0.1) is 0 Å². The van der Waals surface area contributed by atoms with Gasteiger partial charge in [0.15, 0.2) is 0 Å². The monoisotopic (exact) mass is 370 g/mol. The molecule has 26 heavy (non-hydrogen) atoms. The summed E-state index contributed by atoms with van der Waals surface area (Å²) < 4.78 is 29.4. The normalized spacial score (nSPS) is 11.8. The van der Waals surface area contributed by atoms with E-state index in [-0.39, 0.29) is 11.4 Å². The molecule has 3 rings (SSSR count). The standard InChI is InChI=1S/C19H22N4O2S/c1-14(2)16-4-6-18(7-5-16)26(24,25)22-12-15-10-17(13-20-11-15)19-8-9-21-23(19)3/h4-11,13-14,22H,12H2,1-3H3. The van der Waals surface area contributed by atoms with Crippen molar-refractivity contribution < 1.29 is 8.42 Å². The Labute approximate surface area is 154 Å². The molecular formula is C19H22N4O2S. The van der Waals surface area contributed by atoms with Crippen molar-refractivity contribution in [2.45, 2.75) is 31.2 Å². The Bertz CT molecular complexity index is 992. The minimum Gasteiger partial charge on any atom is -0.268 e. The highest BCUT2D eigenvalue weighted by molar-refractivity contribution is 7.89. The molecule has 6 nitrogen and oxygen atoms in total. The number of aromatic nitrogens is 3. The lowest BCUT2D eigenvalue weighted by Crippen LogP contribution is -2.23. The lowest BCUT2D eigenvalue weighted by molar-refractivity contribution is 0.581. The van der Waals surface area contributed by atoms with Crippen molar-refractivity contribution in [1.29, 1.82) is 0 Å². The Hall–Kier alpha value is -2.51. The van der Waals surface area contributed by atoms with Gasteiger partial charge in [-0.2, -0.15) is 5.10 Å². The zero-order valence-electron chi connectivity index (χ0n) is 15.0. The maximum absolute atomic E-state index is 12.5. The Morgan fingerprint density at radius 2 is 1.85 bits per heavy atom. The van der Waals surface area contributed by atoms with Crippen molar-refractivity contribution in [3.63, 3.8) is 0 Å². The number of sulfonamides is 1. The third-order valence-electron chi connectivity index (χ3n) is 4.23. The summed E-state index contributed by atoms with van der Waals surface area (Å²) in [5.41, 5.74) is 3.71. The molecule has 0 saturated heterocycles. The number of hydrogen-bond donors (Lipinski definition) is 1. The zero-order valence-corrected chi connectivity index (χ0v) is 15.9. The van der Waals surface area contributed by atoms with E-state index in [1.54, 1.807) is 35.4 Å². The van der Waals surface area contributed by atoms with Crippen LogP contribution in [0.15, 0.2) is 59.9 Å². The number of benzene rings is 1. The molecule has 2 heterocycles. The number of pyridine rings is 1. The maximum Gasteiger partial charge on any atom is 0.240 e. The lowest BCUT2D eigenvalue weighted by atomic mass is 10.0. The summed E-state index contributed by atoms with van der Waals surface area (Å²) in [6.45, 7) is 4.32. The van der Waals surface area contributed by atoms with Gasteiger partial charge in [0.05, 0.1) is 10.6 Å². The van der Waals surface area contributed by atoms with Crippen LogP contribution in [0.4, 0.5) is 0 Å². The summed E-state index contributed by atoms with van der Waals surface area (Å²) in [5.74, 6) is 0.362. The minimum absolute atomic E-state index is 0.174. The fourth-order valence-electron chi connectivity index (χ4n) is 2.67. The molecule has 0 spiro atoms. The van der Waals surface area contributed by atoms with Crippen LogP contribution in [0.2, 0.25) is 0 Å². The lowest BCUT2D eigenvalue weighted by Gasteiger charge is -2.10. The summed E-state index contributed by atoms with van der Waals surface area (Å²) in [7, 11) is -1.72. The summed E-state index contributed by atoms with van der Waals surface area (Å²) in [6, 6.07) is 10.8. The maximum atomic E-state index is 12.5. The van der Waals surface area contributed by atoms with Crippen LogP contribution in [0.25, 0.3) is 11.3 Å². The molecule has 1 aromatic carbocycles. The molecule has 0 fully saturated rings. The second-order valence-electron chi connectivity index (χ2n) is 6.47. The molecule has 3 aromatic rings. The molecule has 0 amide bonds. The molecule has 0 unspecified atom stereocenters. The molecule has 7 heteroatoms. The van der Waals surface area contributed by atoms with Gasteiger partial charge in [0.1, 0.15) is 0 Å². The van der Waals surface area contributed by atoms with E-state index in [1.807, 2.05) is 31.3 Å². The van der Waals surface area contributed by atoms with E-state index < -0.39 is 10.0 Å². The summed E-state index contributed by atoms with van der Waals surface area (Å²) in [6.07, 6.45) is 5.11. The molecule has 136 valence electrons. The Kier molecular flexibility index (Phi) is 5.20. The van der Waals surface area contributed by atoms with Crippen LogP contribution in [-0.4, -0.2) is 23.2 Å². The highest BCUT2D eigenvalue weighted by atomic mass is 32.2. The molecule has 0 aliphatic heterocycles. The van der Waals surface area contributed by atoms with Crippen LogP contribution >= 0.6 is 0 Å². The SMILES string of the molecule is CC(C)c1ccc(S(=O)(=O)NCc2cncc(-c3ccnn3C)c2)cc1. The van der Waals surface area contributed by atoms with Gasteiger partial charge in [-0.05, 0) is 41.3 Å². The predicted octanol–water partition coefficient (Wildman–Crippen LogP) is 3.08. The quantitative estimate of drug-likeness (QED) is 0.723. The smallest absolute Gasteiger partial charge is 0.240 e. The van der Waals surface area contributed by atoms with Crippen LogP contribution in [0.5, 0.6) is 0 Å². The predicted molar refractivity (Wildman–Crippen MR) is 101 cm³/mol. The van der Waals surface area contributed by atoms with Gasteiger partial charge in [0, 0.05) is 37.7 Å². The average molecular weight is 370 g/mol. The van der Waals surface area contributed by atoms with Crippen LogP contribution in [0.3, 0.4) is 0 Å². The van der Waals surface area contributed by atoms with Crippen molar-refractivity contribution in [3.05, 3.63) is 66.1 Å². The van der Waals surface area contributed by atoms with Crippen molar-refractivity contribution >= 4 is 10.0 Å². The number of rotatable bonds is 6. The first kappa shape index (κ1) is 18.3. The van der Waals surface area contributed by atoms with Gasteiger partial charge < -0.3 is 0 Å². The van der Waals surface area contributed by atoms with Crippen LogP contribution in [0.1, 0.15) is 30.9 Å². The van der Waals surface area contributed by atoms with Crippen molar-refractivity contribution in [3.8, 4) is 11.3 Å². The Morgan fingerprint density at radius 1 is 1.12 bits per heavy atom. The van der Waals surface area contributed by atoms with Gasteiger partial charge in [-0.1, -0.05) is 26.0 Å². The van der Waals surface area contributed by atoms with E-state index in [0.29, 0.717) is 5.92 Å². The molecule has 0 bridgehead atoms. The fourth-order valence-corrected chi connectivity index (χ4v) is 3.69. The molecule has 0 atom stereocenters. The van der Waals surface area contributed by atoms with Gasteiger partial charge in [-0.3, -0.25) is 9.67 Å². The molecule has 0 radical (unpaired) electrons. The average Bonchev–Trinajstić information content (AvgIpc) is 3.06. The van der Waals surface area contributed by atoms with Crippen LogP contribution in [0, 0.1) is 0 Å². The molecule has 0 saturated carbocycles. The first-order valence-electron chi connectivity index (χ1n) is 8.39. The Balaban J connectivity index is 1.75. The molecule has 0 aliphatic rings. The highest BCUT2D eigenvalue weighted by Gasteiger charge is 2.14.